The number of carbonyl (C=O) groups excluding carboxylic acids is 1. The van der Waals surface area contributed by atoms with Gasteiger partial charge >= 0.3 is 0 Å². The molecule has 19 heavy (non-hydrogen) atoms. The first-order valence-electron chi connectivity index (χ1n) is 7.19. The Morgan fingerprint density at radius 3 is 1.32 bits per heavy atom. The molecule has 1 aromatic rings. The summed E-state index contributed by atoms with van der Waals surface area (Å²) < 4.78 is 0. The largest absolute Gasteiger partial charge is 0.295 e. The number of hydrogen-bond acceptors (Lipinski definition) is 1. The molecule has 0 N–H and O–H groups in total. The van der Waals surface area contributed by atoms with Gasteiger partial charge < -0.3 is 0 Å². The van der Waals surface area contributed by atoms with Crippen LogP contribution < -0.4 is 0 Å². The molecule has 0 saturated heterocycles. The zero-order chi connectivity index (χ0) is 15.4. The van der Waals surface area contributed by atoms with Gasteiger partial charge in [-0.3, -0.25) is 4.79 Å². The van der Waals surface area contributed by atoms with Gasteiger partial charge in [-0.1, -0.05) is 61.5 Å². The highest BCUT2D eigenvalue weighted by molar-refractivity contribution is 5.94. The van der Waals surface area contributed by atoms with E-state index in [1.807, 2.05) is 26.0 Å². The fourth-order valence-corrected chi connectivity index (χ4v) is 1.70. The number of hydrogen-bond donors (Lipinski definition) is 0. The maximum Gasteiger partial charge on any atom is 0.159 e. The van der Waals surface area contributed by atoms with Crippen LogP contribution >= 0.6 is 0 Å². The third kappa shape index (κ3) is 5.18. The lowest BCUT2D eigenvalue weighted by Crippen LogP contribution is -2.17. The van der Waals surface area contributed by atoms with Gasteiger partial charge in [-0.25, -0.2) is 0 Å². The number of rotatable bonds is 1. The molecule has 0 atom stereocenters. The van der Waals surface area contributed by atoms with E-state index in [2.05, 4.69) is 47.6 Å². The molecule has 0 radical (unpaired) electrons. The van der Waals surface area contributed by atoms with Gasteiger partial charge in [0.1, 0.15) is 0 Å². The number of Topliss-reactive ketones (excluding diaryl/α,β-unsaturated/α-hetero) is 1. The first kappa shape index (κ1) is 17.9. The monoisotopic (exact) mass is 262 g/mol. The predicted octanol–water partition coefficient (Wildman–Crippen LogP) is 5.51. The molecule has 1 aromatic carbocycles. The molecule has 0 aliphatic carbocycles. The second kappa shape index (κ2) is 6.36. The summed E-state index contributed by atoms with van der Waals surface area (Å²) in [6.45, 7) is 18.7. The molecule has 0 saturated carbocycles. The fraction of sp³-hybridized carbons (Fsp3) is 0.611. The average Bonchev–Trinajstić information content (AvgIpc) is 2.28. The summed E-state index contributed by atoms with van der Waals surface area (Å²) in [5, 5.41) is 0. The second-order valence-electron chi connectivity index (χ2n) is 6.86. The van der Waals surface area contributed by atoms with Crippen molar-refractivity contribution in [2.75, 3.05) is 0 Å². The summed E-state index contributed by atoms with van der Waals surface area (Å²) in [4.78, 5) is 11.6. The maximum atomic E-state index is 11.6. The van der Waals surface area contributed by atoms with Crippen molar-refractivity contribution in [2.24, 2.45) is 0 Å². The van der Waals surface area contributed by atoms with E-state index in [1.54, 1.807) is 6.92 Å². The molecule has 0 spiro atoms. The Balaban J connectivity index is 0.00000154. The van der Waals surface area contributed by atoms with Gasteiger partial charge in [-0.2, -0.15) is 0 Å². The predicted molar refractivity (Wildman–Crippen MR) is 85.2 cm³/mol. The minimum absolute atomic E-state index is 0.0749. The fourth-order valence-electron chi connectivity index (χ4n) is 1.70. The first-order valence-corrected chi connectivity index (χ1v) is 7.19. The Labute approximate surface area is 119 Å². The minimum Gasteiger partial charge on any atom is -0.295 e. The molecule has 0 fully saturated rings. The summed E-state index contributed by atoms with van der Waals surface area (Å²) in [5.41, 5.74) is 3.43. The lowest BCUT2D eigenvalue weighted by atomic mass is 9.79. The molecular weight excluding hydrogens is 232 g/mol. The minimum atomic E-state index is 0.0749. The third-order valence-electron chi connectivity index (χ3n) is 3.07. The van der Waals surface area contributed by atoms with Gasteiger partial charge in [0.2, 0.25) is 0 Å². The van der Waals surface area contributed by atoms with Crippen molar-refractivity contribution in [3.63, 3.8) is 0 Å². The molecule has 1 nitrogen and oxygen atoms in total. The normalized spacial score (nSPS) is 11.6. The summed E-state index contributed by atoms with van der Waals surface area (Å²) in [5.74, 6) is 0.140. The van der Waals surface area contributed by atoms with Crippen LogP contribution in [0.5, 0.6) is 0 Å². The van der Waals surface area contributed by atoms with Crippen LogP contribution in [0.25, 0.3) is 0 Å². The van der Waals surface area contributed by atoms with E-state index in [4.69, 9.17) is 0 Å². The Bertz CT molecular complexity index is 396. The van der Waals surface area contributed by atoms with Crippen molar-refractivity contribution in [1.82, 2.24) is 0 Å². The van der Waals surface area contributed by atoms with Crippen LogP contribution in [-0.4, -0.2) is 5.78 Å². The van der Waals surface area contributed by atoms with Crippen molar-refractivity contribution in [3.8, 4) is 0 Å². The lowest BCUT2D eigenvalue weighted by Gasteiger charge is -2.25. The van der Waals surface area contributed by atoms with Crippen molar-refractivity contribution in [2.45, 2.75) is 73.1 Å². The van der Waals surface area contributed by atoms with Crippen LogP contribution in [0.4, 0.5) is 0 Å². The molecule has 0 heterocycles. The van der Waals surface area contributed by atoms with E-state index in [0.717, 1.165) is 5.56 Å². The topological polar surface area (TPSA) is 17.1 Å². The highest BCUT2D eigenvalue weighted by atomic mass is 16.1. The van der Waals surface area contributed by atoms with Crippen LogP contribution in [0, 0.1) is 0 Å². The third-order valence-corrected chi connectivity index (χ3v) is 3.07. The van der Waals surface area contributed by atoms with Crippen molar-refractivity contribution >= 4 is 5.78 Å². The molecule has 0 bridgehead atoms. The molecule has 0 aliphatic heterocycles. The van der Waals surface area contributed by atoms with Gasteiger partial charge in [0.25, 0.3) is 0 Å². The van der Waals surface area contributed by atoms with E-state index in [1.165, 1.54) is 11.1 Å². The number of ketones is 1. The van der Waals surface area contributed by atoms with Crippen LogP contribution in [0.3, 0.4) is 0 Å². The van der Waals surface area contributed by atoms with E-state index < -0.39 is 0 Å². The molecule has 0 aromatic heterocycles. The average molecular weight is 262 g/mol. The molecular formula is C18H30O. The van der Waals surface area contributed by atoms with Crippen LogP contribution in [0.15, 0.2) is 18.2 Å². The smallest absolute Gasteiger partial charge is 0.159 e. The van der Waals surface area contributed by atoms with E-state index in [9.17, 15) is 4.79 Å². The van der Waals surface area contributed by atoms with E-state index in [0.29, 0.717) is 0 Å². The zero-order valence-corrected chi connectivity index (χ0v) is 14.1. The van der Waals surface area contributed by atoms with Crippen molar-refractivity contribution in [1.29, 1.82) is 0 Å². The van der Waals surface area contributed by atoms with Crippen LogP contribution in [-0.2, 0) is 10.8 Å². The summed E-state index contributed by atoms with van der Waals surface area (Å²) >= 11 is 0. The quantitative estimate of drug-likeness (QED) is 0.610. The zero-order valence-electron chi connectivity index (χ0n) is 14.1. The van der Waals surface area contributed by atoms with Crippen molar-refractivity contribution in [3.05, 3.63) is 34.9 Å². The Kier molecular flexibility index (Phi) is 5.99. The molecule has 108 valence electrons. The van der Waals surface area contributed by atoms with Gasteiger partial charge in [0.05, 0.1) is 0 Å². The molecule has 1 rings (SSSR count). The molecule has 1 heteroatoms. The Morgan fingerprint density at radius 2 is 1.11 bits per heavy atom. The second-order valence-corrected chi connectivity index (χ2v) is 6.86. The van der Waals surface area contributed by atoms with Gasteiger partial charge in [0.15, 0.2) is 5.78 Å². The summed E-state index contributed by atoms with van der Waals surface area (Å²) in [7, 11) is 0. The first-order chi connectivity index (χ1) is 8.51. The SMILES string of the molecule is CC.CC(=O)c1cc(C(C)(C)C)cc(C(C)(C)C)c1. The number of carbonyl (C=O) groups is 1. The highest BCUT2D eigenvalue weighted by Gasteiger charge is 2.21. The van der Waals surface area contributed by atoms with E-state index in [-0.39, 0.29) is 16.6 Å². The van der Waals surface area contributed by atoms with Crippen molar-refractivity contribution < 1.29 is 4.79 Å². The van der Waals surface area contributed by atoms with Gasteiger partial charge in [-0.15, -0.1) is 0 Å². The van der Waals surface area contributed by atoms with Crippen LogP contribution in [0.1, 0.15) is 83.8 Å². The molecule has 0 unspecified atom stereocenters. The Morgan fingerprint density at radius 1 is 0.789 bits per heavy atom. The lowest BCUT2D eigenvalue weighted by molar-refractivity contribution is 0.101. The van der Waals surface area contributed by atoms with Gasteiger partial charge in [0, 0.05) is 5.56 Å². The Hall–Kier alpha value is -1.11. The molecule has 0 amide bonds. The van der Waals surface area contributed by atoms with Crippen LogP contribution in [0.2, 0.25) is 0 Å². The summed E-state index contributed by atoms with van der Waals surface area (Å²) in [6, 6.07) is 6.28. The summed E-state index contributed by atoms with van der Waals surface area (Å²) in [6.07, 6.45) is 0. The highest BCUT2D eigenvalue weighted by Crippen LogP contribution is 2.30. The standard InChI is InChI=1S/C16H24O.C2H6/c1-11(17)12-8-13(15(2,3)4)10-14(9-12)16(5,6)7;1-2/h8-10H,1-7H3;1-2H3. The molecule has 0 aliphatic rings. The number of benzene rings is 1. The van der Waals surface area contributed by atoms with E-state index >= 15 is 0 Å². The maximum absolute atomic E-state index is 11.6. The van der Waals surface area contributed by atoms with Gasteiger partial charge in [-0.05, 0) is 41.0 Å².